The number of Topliss-reactive ketones (excluding diaryl/α,β-unsaturated/α-hetero) is 1. The molecule has 0 unspecified atom stereocenters. The van der Waals surface area contributed by atoms with Crippen molar-refractivity contribution in [3.8, 4) is 5.75 Å². The zero-order valence-electron chi connectivity index (χ0n) is 14.0. The van der Waals surface area contributed by atoms with Crippen molar-refractivity contribution in [3.05, 3.63) is 59.2 Å². The summed E-state index contributed by atoms with van der Waals surface area (Å²) in [6.07, 6.45) is 1.62. The first kappa shape index (κ1) is 16.2. The molecule has 4 heteroatoms. The van der Waals surface area contributed by atoms with E-state index in [1.54, 1.807) is 11.0 Å². The fourth-order valence-electron chi connectivity index (χ4n) is 2.90. The van der Waals surface area contributed by atoms with Crippen LogP contribution in [-0.4, -0.2) is 24.8 Å². The number of anilines is 1. The van der Waals surface area contributed by atoms with Gasteiger partial charge in [-0.05, 0) is 56.5 Å². The normalized spacial score (nSPS) is 13.3. The summed E-state index contributed by atoms with van der Waals surface area (Å²) < 4.78 is 5.71. The lowest BCUT2D eigenvalue weighted by molar-refractivity contribution is -0.114. The first-order valence-corrected chi connectivity index (χ1v) is 8.22. The molecule has 0 atom stereocenters. The Hall–Kier alpha value is -2.62. The lowest BCUT2D eigenvalue weighted by Crippen LogP contribution is -2.30. The Bertz CT molecular complexity index is 782. The summed E-state index contributed by atoms with van der Waals surface area (Å²) in [6.45, 7) is 5.09. The molecular weight excluding hydrogens is 302 g/mol. The van der Waals surface area contributed by atoms with E-state index in [0.717, 1.165) is 29.8 Å². The van der Waals surface area contributed by atoms with Gasteiger partial charge >= 0.3 is 0 Å². The molecule has 1 aliphatic rings. The molecule has 0 fully saturated rings. The van der Waals surface area contributed by atoms with Crippen LogP contribution in [0.4, 0.5) is 5.69 Å². The lowest BCUT2D eigenvalue weighted by Gasteiger charge is -2.16. The van der Waals surface area contributed by atoms with Crippen LogP contribution in [0.3, 0.4) is 0 Å². The predicted octanol–water partition coefficient (Wildman–Crippen LogP) is 3.69. The van der Waals surface area contributed by atoms with E-state index in [2.05, 4.69) is 0 Å². The summed E-state index contributed by atoms with van der Waals surface area (Å²) in [7, 11) is 0. The van der Waals surface area contributed by atoms with Crippen LogP contribution in [0.15, 0.2) is 42.5 Å². The number of carbonyl (C=O) groups excluding carboxylic acids is 2. The van der Waals surface area contributed by atoms with Crippen LogP contribution >= 0.6 is 0 Å². The van der Waals surface area contributed by atoms with Gasteiger partial charge in [0.25, 0.3) is 11.7 Å². The lowest BCUT2D eigenvalue weighted by atomic mass is 10.1. The van der Waals surface area contributed by atoms with E-state index in [1.165, 1.54) is 5.56 Å². The van der Waals surface area contributed by atoms with Gasteiger partial charge < -0.3 is 9.64 Å². The van der Waals surface area contributed by atoms with Crippen LogP contribution in [0.25, 0.3) is 0 Å². The second-order valence-electron chi connectivity index (χ2n) is 6.18. The summed E-state index contributed by atoms with van der Waals surface area (Å²) >= 11 is 0. The van der Waals surface area contributed by atoms with E-state index in [9.17, 15) is 9.59 Å². The largest absolute Gasteiger partial charge is 0.494 e. The second-order valence-corrected chi connectivity index (χ2v) is 6.18. The second kappa shape index (κ2) is 6.87. The molecule has 0 saturated carbocycles. The number of hydrogen-bond donors (Lipinski definition) is 0. The van der Waals surface area contributed by atoms with Gasteiger partial charge in [0.1, 0.15) is 5.75 Å². The number of amides is 1. The minimum atomic E-state index is -0.421. The van der Waals surface area contributed by atoms with Gasteiger partial charge in [0.05, 0.1) is 17.9 Å². The molecule has 0 aliphatic carbocycles. The average molecular weight is 323 g/mol. The maximum absolute atomic E-state index is 12.1. The van der Waals surface area contributed by atoms with Crippen molar-refractivity contribution in [3.63, 3.8) is 0 Å². The zero-order valence-corrected chi connectivity index (χ0v) is 14.0. The SMILES string of the molecule is Cc1cccc(OCCCCN2C(=O)C(=O)c3cc(C)ccc32)c1. The Morgan fingerprint density at radius 1 is 0.958 bits per heavy atom. The van der Waals surface area contributed by atoms with Crippen molar-refractivity contribution in [2.24, 2.45) is 0 Å². The van der Waals surface area contributed by atoms with Gasteiger partial charge in [0.15, 0.2) is 0 Å². The van der Waals surface area contributed by atoms with Crippen LogP contribution in [-0.2, 0) is 4.79 Å². The summed E-state index contributed by atoms with van der Waals surface area (Å²) in [4.78, 5) is 25.8. The molecule has 1 amide bonds. The average Bonchev–Trinajstić information content (AvgIpc) is 2.79. The fourth-order valence-corrected chi connectivity index (χ4v) is 2.90. The molecule has 0 saturated heterocycles. The number of unbranched alkanes of at least 4 members (excludes halogenated alkanes) is 1. The van der Waals surface area contributed by atoms with Crippen LogP contribution in [0.5, 0.6) is 5.75 Å². The van der Waals surface area contributed by atoms with Crippen LogP contribution < -0.4 is 9.64 Å². The molecule has 4 nitrogen and oxygen atoms in total. The molecule has 3 rings (SSSR count). The summed E-state index contributed by atoms with van der Waals surface area (Å²) in [5.74, 6) is 0.0446. The maximum Gasteiger partial charge on any atom is 0.299 e. The fraction of sp³-hybridized carbons (Fsp3) is 0.300. The molecule has 0 bridgehead atoms. The number of ketones is 1. The van der Waals surface area contributed by atoms with Crippen molar-refractivity contribution in [2.75, 3.05) is 18.1 Å². The highest BCUT2D eigenvalue weighted by molar-refractivity contribution is 6.52. The maximum atomic E-state index is 12.1. The van der Waals surface area contributed by atoms with Crippen LogP contribution in [0.1, 0.15) is 34.3 Å². The smallest absolute Gasteiger partial charge is 0.299 e. The van der Waals surface area contributed by atoms with Gasteiger partial charge in [-0.15, -0.1) is 0 Å². The Morgan fingerprint density at radius 2 is 1.75 bits per heavy atom. The Balaban J connectivity index is 1.52. The first-order chi connectivity index (χ1) is 11.6. The van der Waals surface area contributed by atoms with Gasteiger partial charge in [0.2, 0.25) is 0 Å². The molecule has 0 radical (unpaired) electrons. The number of rotatable bonds is 6. The number of aryl methyl sites for hydroxylation is 2. The van der Waals surface area contributed by atoms with Gasteiger partial charge in [-0.3, -0.25) is 9.59 Å². The minimum Gasteiger partial charge on any atom is -0.494 e. The molecule has 2 aromatic carbocycles. The van der Waals surface area contributed by atoms with Crippen molar-refractivity contribution in [1.29, 1.82) is 0 Å². The Morgan fingerprint density at radius 3 is 2.54 bits per heavy atom. The number of ether oxygens (including phenoxy) is 1. The number of carbonyl (C=O) groups is 2. The van der Waals surface area contributed by atoms with Crippen molar-refractivity contribution >= 4 is 17.4 Å². The quantitative estimate of drug-likeness (QED) is 0.601. The molecule has 0 spiro atoms. The summed E-state index contributed by atoms with van der Waals surface area (Å²) in [6, 6.07) is 13.5. The molecule has 0 N–H and O–H groups in total. The topological polar surface area (TPSA) is 46.6 Å². The van der Waals surface area contributed by atoms with Gasteiger partial charge in [-0.2, -0.15) is 0 Å². The van der Waals surface area contributed by atoms with Crippen molar-refractivity contribution < 1.29 is 14.3 Å². The number of benzene rings is 2. The number of fused-ring (bicyclic) bond motifs is 1. The van der Waals surface area contributed by atoms with E-state index in [1.807, 2.05) is 50.2 Å². The van der Waals surface area contributed by atoms with Crippen molar-refractivity contribution in [1.82, 2.24) is 0 Å². The number of hydrogen-bond acceptors (Lipinski definition) is 3. The minimum absolute atomic E-state index is 0.398. The number of nitrogens with zero attached hydrogens (tertiary/aromatic N) is 1. The molecule has 1 aliphatic heterocycles. The predicted molar refractivity (Wildman–Crippen MR) is 93.8 cm³/mol. The monoisotopic (exact) mass is 323 g/mol. The highest BCUT2D eigenvalue weighted by atomic mass is 16.5. The zero-order chi connectivity index (χ0) is 17.1. The third kappa shape index (κ3) is 3.32. The van der Waals surface area contributed by atoms with E-state index in [-0.39, 0.29) is 0 Å². The molecule has 1 heterocycles. The standard InChI is InChI=1S/C20H21NO3/c1-14-6-5-7-16(12-14)24-11-4-3-10-21-18-9-8-15(2)13-17(18)19(22)20(21)23/h5-9,12-13H,3-4,10-11H2,1-2H3. The third-order valence-corrected chi connectivity index (χ3v) is 4.16. The van der Waals surface area contributed by atoms with Gasteiger partial charge in [0, 0.05) is 6.54 Å². The van der Waals surface area contributed by atoms with E-state index in [4.69, 9.17) is 4.74 Å². The third-order valence-electron chi connectivity index (χ3n) is 4.16. The Kier molecular flexibility index (Phi) is 4.65. The molecule has 24 heavy (non-hydrogen) atoms. The van der Waals surface area contributed by atoms with E-state index >= 15 is 0 Å². The van der Waals surface area contributed by atoms with Crippen LogP contribution in [0.2, 0.25) is 0 Å². The highest BCUT2D eigenvalue weighted by Gasteiger charge is 2.35. The van der Waals surface area contributed by atoms with E-state index < -0.39 is 11.7 Å². The first-order valence-electron chi connectivity index (χ1n) is 8.22. The van der Waals surface area contributed by atoms with Gasteiger partial charge in [-0.1, -0.05) is 23.8 Å². The van der Waals surface area contributed by atoms with Gasteiger partial charge in [-0.25, -0.2) is 0 Å². The molecule has 0 aromatic heterocycles. The highest BCUT2D eigenvalue weighted by Crippen LogP contribution is 2.29. The summed E-state index contributed by atoms with van der Waals surface area (Å²) in [5, 5.41) is 0. The Labute approximate surface area is 142 Å². The molecule has 2 aromatic rings. The summed E-state index contributed by atoms with van der Waals surface area (Å²) in [5.41, 5.74) is 3.41. The van der Waals surface area contributed by atoms with E-state index in [0.29, 0.717) is 18.7 Å². The molecule has 124 valence electrons. The van der Waals surface area contributed by atoms with Crippen molar-refractivity contribution in [2.45, 2.75) is 26.7 Å². The van der Waals surface area contributed by atoms with Crippen LogP contribution in [0, 0.1) is 13.8 Å². The molecular formula is C20H21NO3.